The molecule has 1 atom stereocenters. The predicted molar refractivity (Wildman–Crippen MR) is 96.3 cm³/mol. The second-order valence-corrected chi connectivity index (χ2v) is 7.09. The minimum absolute atomic E-state index is 0.0588. The zero-order chi connectivity index (χ0) is 17.3. The molecule has 0 bridgehead atoms. The number of fused-ring (bicyclic) bond motifs is 1. The predicted octanol–water partition coefficient (Wildman–Crippen LogP) is 3.72. The maximum Gasteiger partial charge on any atom is 0.230 e. The number of hydrogen-bond donors (Lipinski definition) is 1. The summed E-state index contributed by atoms with van der Waals surface area (Å²) < 4.78 is 11.6. The standard InChI is InChI=1S/C20H20ClNO3/c21-15-8-6-14(7-9-15)20(10-3-11-20)19(23)22-12-16-13-24-17-4-1-2-5-18(17)25-16/h1-2,4-9,16H,3,10-13H2,(H,22,23)/t16-/m0/s1. The van der Waals surface area contributed by atoms with Gasteiger partial charge in [-0.05, 0) is 42.7 Å². The molecule has 2 aliphatic rings. The van der Waals surface area contributed by atoms with Crippen LogP contribution in [0.2, 0.25) is 5.02 Å². The van der Waals surface area contributed by atoms with Crippen LogP contribution in [-0.4, -0.2) is 25.2 Å². The van der Waals surface area contributed by atoms with Gasteiger partial charge in [0.05, 0.1) is 12.0 Å². The maximum atomic E-state index is 12.9. The van der Waals surface area contributed by atoms with Crippen molar-refractivity contribution in [3.05, 3.63) is 59.1 Å². The van der Waals surface area contributed by atoms with E-state index >= 15 is 0 Å². The first-order valence-electron chi connectivity index (χ1n) is 8.60. The molecule has 4 nitrogen and oxygen atoms in total. The van der Waals surface area contributed by atoms with Gasteiger partial charge in [0.15, 0.2) is 11.5 Å². The van der Waals surface area contributed by atoms with E-state index in [0.29, 0.717) is 18.2 Å². The van der Waals surface area contributed by atoms with Gasteiger partial charge in [0.1, 0.15) is 12.7 Å². The van der Waals surface area contributed by atoms with Gasteiger partial charge < -0.3 is 14.8 Å². The molecule has 5 heteroatoms. The van der Waals surface area contributed by atoms with Gasteiger partial charge in [-0.2, -0.15) is 0 Å². The van der Waals surface area contributed by atoms with Crippen LogP contribution in [0, 0.1) is 0 Å². The number of benzene rings is 2. The van der Waals surface area contributed by atoms with Gasteiger partial charge in [-0.1, -0.05) is 42.3 Å². The molecule has 0 saturated heterocycles. The molecule has 2 aromatic carbocycles. The Labute approximate surface area is 152 Å². The lowest BCUT2D eigenvalue weighted by molar-refractivity contribution is -0.130. The van der Waals surface area contributed by atoms with Crippen LogP contribution in [0.1, 0.15) is 24.8 Å². The summed E-state index contributed by atoms with van der Waals surface area (Å²) in [4.78, 5) is 12.9. The van der Waals surface area contributed by atoms with E-state index in [1.54, 1.807) is 0 Å². The third-order valence-electron chi connectivity index (χ3n) is 5.10. The van der Waals surface area contributed by atoms with E-state index in [2.05, 4.69) is 5.32 Å². The Morgan fingerprint density at radius 1 is 1.12 bits per heavy atom. The minimum Gasteiger partial charge on any atom is -0.486 e. The van der Waals surface area contributed by atoms with Gasteiger partial charge in [-0.25, -0.2) is 0 Å². The molecule has 0 aromatic heterocycles. The summed E-state index contributed by atoms with van der Waals surface area (Å²) in [6.45, 7) is 0.869. The Morgan fingerprint density at radius 2 is 1.84 bits per heavy atom. The molecule has 0 radical (unpaired) electrons. The van der Waals surface area contributed by atoms with Crippen LogP contribution in [0.4, 0.5) is 0 Å². The minimum atomic E-state index is -0.433. The molecule has 0 spiro atoms. The fourth-order valence-electron chi connectivity index (χ4n) is 3.49. The summed E-state index contributed by atoms with van der Waals surface area (Å²) in [5.41, 5.74) is 0.602. The van der Waals surface area contributed by atoms with E-state index in [1.807, 2.05) is 48.5 Å². The fourth-order valence-corrected chi connectivity index (χ4v) is 3.61. The normalized spacial score (nSPS) is 20.4. The van der Waals surface area contributed by atoms with E-state index in [4.69, 9.17) is 21.1 Å². The molecule has 1 N–H and O–H groups in total. The molecule has 2 aromatic rings. The number of nitrogens with one attached hydrogen (secondary N) is 1. The van der Waals surface area contributed by atoms with E-state index < -0.39 is 5.41 Å². The topological polar surface area (TPSA) is 47.6 Å². The number of carbonyl (C=O) groups is 1. The Morgan fingerprint density at radius 3 is 2.52 bits per heavy atom. The van der Waals surface area contributed by atoms with Crippen molar-refractivity contribution in [2.24, 2.45) is 0 Å². The molecular formula is C20H20ClNO3. The van der Waals surface area contributed by atoms with Gasteiger partial charge in [-0.15, -0.1) is 0 Å². The van der Waals surface area contributed by atoms with E-state index in [9.17, 15) is 4.79 Å². The number of carbonyl (C=O) groups excluding carboxylic acids is 1. The summed E-state index contributed by atoms with van der Waals surface area (Å²) in [5.74, 6) is 1.54. The SMILES string of the molecule is O=C(NC[C@H]1COc2ccccc2O1)C1(c2ccc(Cl)cc2)CCC1. The summed E-state index contributed by atoms with van der Waals surface area (Å²) in [7, 11) is 0. The van der Waals surface area contributed by atoms with Gasteiger partial charge in [0, 0.05) is 5.02 Å². The number of para-hydroxylation sites is 2. The maximum absolute atomic E-state index is 12.9. The number of ether oxygens (including phenoxy) is 2. The van der Waals surface area contributed by atoms with E-state index in [0.717, 1.165) is 36.3 Å². The van der Waals surface area contributed by atoms with Crippen LogP contribution in [0.3, 0.4) is 0 Å². The molecule has 1 fully saturated rings. The number of halogens is 1. The first-order valence-corrected chi connectivity index (χ1v) is 8.98. The van der Waals surface area contributed by atoms with Crippen molar-refractivity contribution in [1.29, 1.82) is 0 Å². The van der Waals surface area contributed by atoms with Crippen molar-refractivity contribution in [3.63, 3.8) is 0 Å². The highest BCUT2D eigenvalue weighted by molar-refractivity contribution is 6.30. The van der Waals surface area contributed by atoms with Crippen molar-refractivity contribution >= 4 is 17.5 Å². The Kier molecular flexibility index (Phi) is 4.30. The molecule has 4 rings (SSSR count). The summed E-state index contributed by atoms with van der Waals surface area (Å²) >= 11 is 5.98. The third-order valence-corrected chi connectivity index (χ3v) is 5.35. The highest BCUT2D eigenvalue weighted by Gasteiger charge is 2.45. The number of rotatable bonds is 4. The fraction of sp³-hybridized carbons (Fsp3) is 0.350. The van der Waals surface area contributed by atoms with Gasteiger partial charge in [-0.3, -0.25) is 4.79 Å². The van der Waals surface area contributed by atoms with Crippen LogP contribution < -0.4 is 14.8 Å². The largest absolute Gasteiger partial charge is 0.486 e. The van der Waals surface area contributed by atoms with Crippen molar-refractivity contribution in [2.45, 2.75) is 30.8 Å². The van der Waals surface area contributed by atoms with E-state index in [1.165, 1.54) is 0 Å². The average Bonchev–Trinajstić information content (AvgIpc) is 2.60. The molecule has 0 unspecified atom stereocenters. The molecule has 1 heterocycles. The highest BCUT2D eigenvalue weighted by atomic mass is 35.5. The Bertz CT molecular complexity index is 771. The number of amides is 1. The van der Waals surface area contributed by atoms with Gasteiger partial charge in [0.25, 0.3) is 0 Å². The van der Waals surface area contributed by atoms with Gasteiger partial charge in [0.2, 0.25) is 5.91 Å². The molecule has 1 amide bonds. The van der Waals surface area contributed by atoms with Crippen molar-refractivity contribution in [2.75, 3.05) is 13.2 Å². The lowest BCUT2D eigenvalue weighted by atomic mass is 9.64. The van der Waals surface area contributed by atoms with Crippen LogP contribution in [0.15, 0.2) is 48.5 Å². The Hall–Kier alpha value is -2.20. The summed E-state index contributed by atoms with van der Waals surface area (Å²) in [6, 6.07) is 15.2. The monoisotopic (exact) mass is 357 g/mol. The molecule has 130 valence electrons. The van der Waals surface area contributed by atoms with Crippen molar-refractivity contribution in [1.82, 2.24) is 5.32 Å². The van der Waals surface area contributed by atoms with Crippen LogP contribution in [-0.2, 0) is 10.2 Å². The third kappa shape index (κ3) is 3.07. The van der Waals surface area contributed by atoms with E-state index in [-0.39, 0.29) is 12.0 Å². The average molecular weight is 358 g/mol. The first kappa shape index (κ1) is 16.3. The lowest BCUT2D eigenvalue weighted by Crippen LogP contribution is -2.52. The zero-order valence-corrected chi connectivity index (χ0v) is 14.6. The smallest absolute Gasteiger partial charge is 0.230 e. The molecule has 1 saturated carbocycles. The summed E-state index contributed by atoms with van der Waals surface area (Å²) in [5, 5.41) is 3.75. The zero-order valence-electron chi connectivity index (χ0n) is 13.8. The first-order chi connectivity index (χ1) is 12.2. The second-order valence-electron chi connectivity index (χ2n) is 6.65. The van der Waals surface area contributed by atoms with Gasteiger partial charge >= 0.3 is 0 Å². The van der Waals surface area contributed by atoms with Crippen LogP contribution >= 0.6 is 11.6 Å². The number of hydrogen-bond acceptors (Lipinski definition) is 3. The quantitative estimate of drug-likeness (QED) is 0.907. The Balaban J connectivity index is 1.41. The van der Waals surface area contributed by atoms with Crippen molar-refractivity contribution in [3.8, 4) is 11.5 Å². The highest BCUT2D eigenvalue weighted by Crippen LogP contribution is 2.44. The van der Waals surface area contributed by atoms with Crippen molar-refractivity contribution < 1.29 is 14.3 Å². The van der Waals surface area contributed by atoms with Crippen LogP contribution in [0.5, 0.6) is 11.5 Å². The molecule has 1 aliphatic heterocycles. The van der Waals surface area contributed by atoms with Crippen LogP contribution in [0.25, 0.3) is 0 Å². The molecule has 1 aliphatic carbocycles. The molecule has 25 heavy (non-hydrogen) atoms. The molecular weight excluding hydrogens is 338 g/mol. The second kappa shape index (κ2) is 6.60. The lowest BCUT2D eigenvalue weighted by Gasteiger charge is -2.41. The summed E-state index contributed by atoms with van der Waals surface area (Å²) in [6.07, 6.45) is 2.62.